The molecular formula is C28H28N4O. The zero-order valence-electron chi connectivity index (χ0n) is 18.7. The number of amides is 1. The standard InChI is InChI=1S/C28H28N4O/c33-26-17-22(21-11-8-14-29-28(21)31-15-5-2-6-16-31)23-19-32(18-20-9-3-1-4-10-20)25-13-7-12-24(30-26)27(23)25/h1,3-4,7-14,19,22H,2,5-6,15-18H2,(H,30,33). The van der Waals surface area contributed by atoms with Gasteiger partial charge in [-0.05, 0) is 48.6 Å². The molecule has 5 heteroatoms. The summed E-state index contributed by atoms with van der Waals surface area (Å²) in [7, 11) is 0. The van der Waals surface area contributed by atoms with Crippen molar-refractivity contribution in [2.75, 3.05) is 23.3 Å². The lowest BCUT2D eigenvalue weighted by molar-refractivity contribution is -0.116. The number of aromatic nitrogens is 2. The van der Waals surface area contributed by atoms with Gasteiger partial charge in [-0.2, -0.15) is 0 Å². The van der Waals surface area contributed by atoms with Gasteiger partial charge in [0, 0.05) is 55.3 Å². The second-order valence-electron chi connectivity index (χ2n) is 9.17. The normalized spacial score (nSPS) is 18.2. The van der Waals surface area contributed by atoms with Crippen LogP contribution in [0.25, 0.3) is 10.9 Å². The number of benzene rings is 2. The number of pyridine rings is 1. The number of nitrogens with zero attached hydrogens (tertiary/aromatic N) is 3. The predicted octanol–water partition coefficient (Wildman–Crippen LogP) is 5.55. The van der Waals surface area contributed by atoms with Crippen molar-refractivity contribution in [2.24, 2.45) is 0 Å². The Labute approximate surface area is 194 Å². The minimum Gasteiger partial charge on any atom is -0.356 e. The van der Waals surface area contributed by atoms with Crippen LogP contribution in [0.4, 0.5) is 11.5 Å². The molecule has 6 rings (SSSR count). The third-order valence-electron chi connectivity index (χ3n) is 7.02. The molecule has 1 unspecified atom stereocenters. The fourth-order valence-corrected chi connectivity index (χ4v) is 5.49. The summed E-state index contributed by atoms with van der Waals surface area (Å²) in [6, 6.07) is 20.9. The van der Waals surface area contributed by atoms with E-state index in [-0.39, 0.29) is 11.8 Å². The molecule has 166 valence electrons. The smallest absolute Gasteiger partial charge is 0.225 e. The number of carbonyl (C=O) groups is 1. The molecule has 0 radical (unpaired) electrons. The third kappa shape index (κ3) is 3.67. The molecule has 1 N–H and O–H groups in total. The van der Waals surface area contributed by atoms with E-state index in [0.29, 0.717) is 6.42 Å². The van der Waals surface area contributed by atoms with Crippen LogP contribution in [-0.2, 0) is 11.3 Å². The molecule has 1 amide bonds. The van der Waals surface area contributed by atoms with E-state index in [9.17, 15) is 4.79 Å². The highest BCUT2D eigenvalue weighted by Gasteiger charge is 2.31. The number of rotatable bonds is 4. The summed E-state index contributed by atoms with van der Waals surface area (Å²) in [5.41, 5.74) is 5.69. The van der Waals surface area contributed by atoms with Crippen molar-refractivity contribution in [2.45, 2.75) is 38.1 Å². The number of piperidine rings is 1. The number of carbonyl (C=O) groups excluding carboxylic acids is 1. The first-order chi connectivity index (χ1) is 16.3. The fourth-order valence-electron chi connectivity index (χ4n) is 5.49. The average molecular weight is 437 g/mol. The van der Waals surface area contributed by atoms with Crippen LogP contribution in [0, 0.1) is 0 Å². The van der Waals surface area contributed by atoms with Gasteiger partial charge < -0.3 is 14.8 Å². The van der Waals surface area contributed by atoms with E-state index in [1.807, 2.05) is 24.4 Å². The summed E-state index contributed by atoms with van der Waals surface area (Å²) in [4.78, 5) is 20.2. The van der Waals surface area contributed by atoms with Gasteiger partial charge in [0.15, 0.2) is 0 Å². The molecule has 1 saturated heterocycles. The third-order valence-corrected chi connectivity index (χ3v) is 7.02. The summed E-state index contributed by atoms with van der Waals surface area (Å²) in [6.07, 6.45) is 8.24. The van der Waals surface area contributed by atoms with Gasteiger partial charge in [-0.3, -0.25) is 4.79 Å². The largest absolute Gasteiger partial charge is 0.356 e. The highest BCUT2D eigenvalue weighted by atomic mass is 16.1. The second-order valence-corrected chi connectivity index (χ2v) is 9.17. The van der Waals surface area contributed by atoms with Gasteiger partial charge in [-0.25, -0.2) is 4.98 Å². The maximum atomic E-state index is 13.0. The Balaban J connectivity index is 1.51. The Morgan fingerprint density at radius 3 is 2.61 bits per heavy atom. The fraction of sp³-hybridized carbons (Fsp3) is 0.286. The molecule has 0 aliphatic carbocycles. The summed E-state index contributed by atoms with van der Waals surface area (Å²) >= 11 is 0. The van der Waals surface area contributed by atoms with Gasteiger partial charge in [-0.15, -0.1) is 0 Å². The Morgan fingerprint density at radius 2 is 1.76 bits per heavy atom. The first kappa shape index (κ1) is 20.0. The van der Waals surface area contributed by atoms with Crippen LogP contribution < -0.4 is 10.2 Å². The van der Waals surface area contributed by atoms with Gasteiger partial charge in [0.25, 0.3) is 0 Å². The van der Waals surface area contributed by atoms with Gasteiger partial charge in [0.1, 0.15) is 5.82 Å². The maximum absolute atomic E-state index is 13.0. The zero-order chi connectivity index (χ0) is 22.2. The average Bonchev–Trinajstić information content (AvgIpc) is 3.15. The summed E-state index contributed by atoms with van der Waals surface area (Å²) in [6.45, 7) is 2.86. The van der Waals surface area contributed by atoms with Crippen molar-refractivity contribution >= 4 is 28.3 Å². The summed E-state index contributed by atoms with van der Waals surface area (Å²) < 4.78 is 2.32. The molecule has 0 bridgehead atoms. The van der Waals surface area contributed by atoms with Crippen LogP contribution in [0.2, 0.25) is 0 Å². The first-order valence-corrected chi connectivity index (χ1v) is 11.9. The van der Waals surface area contributed by atoms with Gasteiger partial charge in [0.05, 0.1) is 11.2 Å². The van der Waals surface area contributed by atoms with Crippen LogP contribution in [0.1, 0.15) is 48.3 Å². The minimum absolute atomic E-state index is 0.0289. The van der Waals surface area contributed by atoms with Gasteiger partial charge >= 0.3 is 0 Å². The van der Waals surface area contributed by atoms with Crippen molar-refractivity contribution in [1.82, 2.24) is 9.55 Å². The number of nitrogens with one attached hydrogen (secondary N) is 1. The summed E-state index contributed by atoms with van der Waals surface area (Å²) in [5, 5.41) is 4.33. The second kappa shape index (κ2) is 8.39. The van der Waals surface area contributed by atoms with E-state index in [4.69, 9.17) is 4.98 Å². The number of hydrogen-bond acceptors (Lipinski definition) is 3. The van der Waals surface area contributed by atoms with Crippen molar-refractivity contribution in [1.29, 1.82) is 0 Å². The van der Waals surface area contributed by atoms with Crippen molar-refractivity contribution < 1.29 is 4.79 Å². The molecule has 1 fully saturated rings. The van der Waals surface area contributed by atoms with Crippen molar-refractivity contribution in [3.05, 3.63) is 89.7 Å². The van der Waals surface area contributed by atoms with Crippen LogP contribution in [0.3, 0.4) is 0 Å². The van der Waals surface area contributed by atoms with E-state index in [2.05, 4.69) is 63.4 Å². The van der Waals surface area contributed by atoms with Gasteiger partial charge in [-0.1, -0.05) is 42.5 Å². The van der Waals surface area contributed by atoms with Crippen LogP contribution >= 0.6 is 0 Å². The molecule has 2 aliphatic rings. The summed E-state index contributed by atoms with van der Waals surface area (Å²) in [5.74, 6) is 1.07. The quantitative estimate of drug-likeness (QED) is 0.456. The topological polar surface area (TPSA) is 50.2 Å². The Hall–Kier alpha value is -3.60. The van der Waals surface area contributed by atoms with Crippen LogP contribution in [-0.4, -0.2) is 28.5 Å². The molecule has 0 saturated carbocycles. The highest BCUT2D eigenvalue weighted by Crippen LogP contribution is 2.43. The zero-order valence-corrected chi connectivity index (χ0v) is 18.7. The molecule has 5 nitrogen and oxygen atoms in total. The molecule has 2 aromatic heterocycles. The maximum Gasteiger partial charge on any atom is 0.225 e. The Bertz CT molecular complexity index is 1300. The molecular weight excluding hydrogens is 408 g/mol. The van der Waals surface area contributed by atoms with Crippen LogP contribution in [0.15, 0.2) is 73.1 Å². The van der Waals surface area contributed by atoms with E-state index in [1.54, 1.807) is 0 Å². The number of hydrogen-bond donors (Lipinski definition) is 1. The van der Waals surface area contributed by atoms with Crippen molar-refractivity contribution in [3.63, 3.8) is 0 Å². The minimum atomic E-state index is -0.0289. The monoisotopic (exact) mass is 436 g/mol. The molecule has 1 atom stereocenters. The lowest BCUT2D eigenvalue weighted by Gasteiger charge is -2.31. The highest BCUT2D eigenvalue weighted by molar-refractivity contribution is 6.06. The molecule has 4 aromatic rings. The van der Waals surface area contributed by atoms with Crippen LogP contribution in [0.5, 0.6) is 0 Å². The molecule has 33 heavy (non-hydrogen) atoms. The lowest BCUT2D eigenvalue weighted by Crippen LogP contribution is -2.31. The number of anilines is 2. The Kier molecular flexibility index (Phi) is 5.10. The van der Waals surface area contributed by atoms with E-state index >= 15 is 0 Å². The first-order valence-electron chi connectivity index (χ1n) is 11.9. The van der Waals surface area contributed by atoms with Gasteiger partial charge in [0.2, 0.25) is 5.91 Å². The van der Waals surface area contributed by atoms with Crippen molar-refractivity contribution in [3.8, 4) is 0 Å². The SMILES string of the molecule is O=C1CC(c2cccnc2N2CCCCC2)c2cn(Cc3ccccc3)c3cccc(c23)N1. The molecule has 2 aliphatic heterocycles. The van der Waals surface area contributed by atoms with E-state index < -0.39 is 0 Å². The predicted molar refractivity (Wildman–Crippen MR) is 133 cm³/mol. The lowest BCUT2D eigenvalue weighted by atomic mass is 9.88. The molecule has 0 spiro atoms. The van der Waals surface area contributed by atoms with E-state index in [1.165, 1.54) is 30.4 Å². The molecule has 2 aromatic carbocycles. The Morgan fingerprint density at radius 1 is 0.909 bits per heavy atom. The molecule has 4 heterocycles. The van der Waals surface area contributed by atoms with E-state index in [0.717, 1.165) is 47.6 Å².